The molecule has 0 spiro atoms. The quantitative estimate of drug-likeness (QED) is 0.600. The second-order valence-corrected chi connectivity index (χ2v) is 4.70. The number of hydrogen-bond acceptors (Lipinski definition) is 3. The maximum atomic E-state index is 4.17. The Balaban J connectivity index is 2.23. The van der Waals surface area contributed by atoms with E-state index in [1.165, 1.54) is 21.2 Å². The maximum absolute atomic E-state index is 4.17. The van der Waals surface area contributed by atoms with Gasteiger partial charge in [-0.25, -0.2) is 0 Å². The molecule has 3 rings (SSSR count). The summed E-state index contributed by atoms with van der Waals surface area (Å²) in [5.41, 5.74) is 2.58. The predicted molar refractivity (Wildman–Crippen MR) is 62.9 cm³/mol. The van der Waals surface area contributed by atoms with E-state index in [2.05, 4.69) is 39.4 Å². The van der Waals surface area contributed by atoms with Crippen molar-refractivity contribution in [1.29, 1.82) is 0 Å². The van der Waals surface area contributed by atoms with Gasteiger partial charge in [0.2, 0.25) is 0 Å². The number of nitrogens with zero attached hydrogens (tertiary/aromatic N) is 1. The molecular weight excluding hydrogens is 210 g/mol. The highest BCUT2D eigenvalue weighted by atomic mass is 32.1. The molecule has 0 aliphatic rings. The van der Waals surface area contributed by atoms with Crippen LogP contribution in [0.1, 0.15) is 0 Å². The molecule has 0 amide bonds. The first-order chi connectivity index (χ1) is 6.93. The van der Waals surface area contributed by atoms with E-state index in [1.807, 2.05) is 6.20 Å². The number of hydrogen-bond donors (Lipinski definition) is 0. The molecule has 0 aliphatic carbocycles. The highest BCUT2D eigenvalue weighted by Crippen LogP contribution is 2.27. The lowest BCUT2D eigenvalue weighted by Gasteiger charge is -1.96. The Hall–Kier alpha value is -1.19. The smallest absolute Gasteiger partial charge is 0.0556 e. The van der Waals surface area contributed by atoms with Gasteiger partial charge in [-0.15, -0.1) is 0 Å². The average Bonchev–Trinajstić information content (AvgIpc) is 2.88. The topological polar surface area (TPSA) is 12.9 Å². The van der Waals surface area contributed by atoms with Crippen LogP contribution in [0.15, 0.2) is 41.2 Å². The van der Waals surface area contributed by atoms with Crippen molar-refractivity contribution in [2.75, 3.05) is 0 Å². The number of rotatable bonds is 1. The summed E-state index contributed by atoms with van der Waals surface area (Å²) >= 11 is 3.28. The Bertz CT molecular complexity index is 551. The fourth-order valence-electron chi connectivity index (χ4n) is 1.47. The first-order valence-electron chi connectivity index (χ1n) is 4.30. The van der Waals surface area contributed by atoms with Gasteiger partial charge in [0.05, 0.1) is 4.70 Å². The fourth-order valence-corrected chi connectivity index (χ4v) is 2.82. The third kappa shape index (κ3) is 1.25. The molecule has 14 heavy (non-hydrogen) atoms. The minimum absolute atomic E-state index is 1.23. The van der Waals surface area contributed by atoms with Crippen LogP contribution in [0.2, 0.25) is 0 Å². The van der Waals surface area contributed by atoms with E-state index in [9.17, 15) is 0 Å². The summed E-state index contributed by atoms with van der Waals surface area (Å²) in [6.07, 6.45) is 1.91. The second-order valence-electron chi connectivity index (χ2n) is 3.09. The summed E-state index contributed by atoms with van der Waals surface area (Å²) in [4.78, 5) is 0. The zero-order chi connectivity index (χ0) is 9.38. The highest BCUT2D eigenvalue weighted by Gasteiger charge is 2.00. The molecule has 0 bridgehead atoms. The van der Waals surface area contributed by atoms with E-state index in [1.54, 1.807) is 22.9 Å². The van der Waals surface area contributed by atoms with Crippen LogP contribution < -0.4 is 0 Å². The average molecular weight is 217 g/mol. The molecule has 0 atom stereocenters. The van der Waals surface area contributed by atoms with Crippen LogP contribution >= 0.6 is 22.9 Å². The van der Waals surface area contributed by atoms with Crippen molar-refractivity contribution < 1.29 is 0 Å². The number of benzene rings is 1. The van der Waals surface area contributed by atoms with E-state index in [-0.39, 0.29) is 0 Å². The van der Waals surface area contributed by atoms with Crippen LogP contribution in [0.25, 0.3) is 21.2 Å². The Labute approximate surface area is 89.8 Å². The SMILES string of the molecule is c1cc(-c2ccc3cnsc3c2)cs1. The van der Waals surface area contributed by atoms with E-state index < -0.39 is 0 Å². The largest absolute Gasteiger partial charge is 0.200 e. The zero-order valence-electron chi connectivity index (χ0n) is 7.31. The van der Waals surface area contributed by atoms with Crippen molar-refractivity contribution in [3.8, 4) is 11.1 Å². The molecule has 0 fully saturated rings. The molecule has 0 N–H and O–H groups in total. The highest BCUT2D eigenvalue weighted by molar-refractivity contribution is 7.13. The van der Waals surface area contributed by atoms with Crippen LogP contribution in [0.4, 0.5) is 0 Å². The molecule has 1 aromatic carbocycles. The molecule has 68 valence electrons. The van der Waals surface area contributed by atoms with Crippen LogP contribution in [0.3, 0.4) is 0 Å². The summed E-state index contributed by atoms with van der Waals surface area (Å²) in [6.45, 7) is 0. The Morgan fingerprint density at radius 3 is 2.93 bits per heavy atom. The summed E-state index contributed by atoms with van der Waals surface area (Å²) in [5, 5.41) is 5.50. The minimum atomic E-state index is 1.23. The fraction of sp³-hybridized carbons (Fsp3) is 0. The van der Waals surface area contributed by atoms with Crippen molar-refractivity contribution in [3.05, 3.63) is 41.2 Å². The second kappa shape index (κ2) is 3.19. The predicted octanol–water partition coefficient (Wildman–Crippen LogP) is 4.02. The van der Waals surface area contributed by atoms with Crippen molar-refractivity contribution in [1.82, 2.24) is 4.37 Å². The molecule has 2 heterocycles. The molecule has 3 heteroatoms. The number of thiophene rings is 1. The van der Waals surface area contributed by atoms with Crippen LogP contribution in [0, 0.1) is 0 Å². The first kappa shape index (κ1) is 8.15. The van der Waals surface area contributed by atoms with Crippen molar-refractivity contribution in [2.45, 2.75) is 0 Å². The van der Waals surface area contributed by atoms with Gasteiger partial charge in [-0.1, -0.05) is 12.1 Å². The van der Waals surface area contributed by atoms with Gasteiger partial charge in [-0.05, 0) is 45.6 Å². The van der Waals surface area contributed by atoms with Gasteiger partial charge >= 0.3 is 0 Å². The summed E-state index contributed by atoms with van der Waals surface area (Å²) in [6, 6.07) is 8.63. The van der Waals surface area contributed by atoms with Gasteiger partial charge in [-0.2, -0.15) is 15.7 Å². The summed E-state index contributed by atoms with van der Waals surface area (Å²) in [7, 11) is 0. The molecule has 0 unspecified atom stereocenters. The van der Waals surface area contributed by atoms with E-state index in [0.29, 0.717) is 0 Å². The van der Waals surface area contributed by atoms with Crippen LogP contribution in [0.5, 0.6) is 0 Å². The van der Waals surface area contributed by atoms with Crippen LogP contribution in [-0.4, -0.2) is 4.37 Å². The molecule has 2 aromatic heterocycles. The van der Waals surface area contributed by atoms with Gasteiger partial charge in [-0.3, -0.25) is 0 Å². The lowest BCUT2D eigenvalue weighted by atomic mass is 10.1. The zero-order valence-corrected chi connectivity index (χ0v) is 8.94. The Morgan fingerprint density at radius 2 is 2.07 bits per heavy atom. The normalized spacial score (nSPS) is 10.9. The summed E-state index contributed by atoms with van der Waals surface area (Å²) in [5.74, 6) is 0. The standard InChI is InChI=1S/C11H7NS2/c1-2-9-6-12-14-11(9)5-8(1)10-3-4-13-7-10/h1-7H. The van der Waals surface area contributed by atoms with E-state index in [4.69, 9.17) is 0 Å². The molecule has 3 aromatic rings. The van der Waals surface area contributed by atoms with Gasteiger partial charge in [0, 0.05) is 11.6 Å². The van der Waals surface area contributed by atoms with Gasteiger partial charge in [0.15, 0.2) is 0 Å². The van der Waals surface area contributed by atoms with Gasteiger partial charge in [0.1, 0.15) is 0 Å². The van der Waals surface area contributed by atoms with E-state index in [0.717, 1.165) is 0 Å². The number of aromatic nitrogens is 1. The first-order valence-corrected chi connectivity index (χ1v) is 6.02. The monoisotopic (exact) mass is 217 g/mol. The molecular formula is C11H7NS2. The van der Waals surface area contributed by atoms with Crippen molar-refractivity contribution >= 4 is 33.0 Å². The maximum Gasteiger partial charge on any atom is 0.0556 e. The molecule has 0 aliphatic heterocycles. The van der Waals surface area contributed by atoms with Crippen molar-refractivity contribution in [2.24, 2.45) is 0 Å². The molecule has 0 radical (unpaired) electrons. The van der Waals surface area contributed by atoms with Crippen LogP contribution in [-0.2, 0) is 0 Å². The lowest BCUT2D eigenvalue weighted by Crippen LogP contribution is -1.71. The van der Waals surface area contributed by atoms with E-state index >= 15 is 0 Å². The minimum Gasteiger partial charge on any atom is -0.200 e. The van der Waals surface area contributed by atoms with Crippen molar-refractivity contribution in [3.63, 3.8) is 0 Å². The Morgan fingerprint density at radius 1 is 1.07 bits per heavy atom. The third-order valence-corrected chi connectivity index (χ3v) is 3.66. The molecule has 0 saturated carbocycles. The number of fused-ring (bicyclic) bond motifs is 1. The lowest BCUT2D eigenvalue weighted by molar-refractivity contribution is 1.61. The molecule has 1 nitrogen and oxygen atoms in total. The van der Waals surface area contributed by atoms with Gasteiger partial charge < -0.3 is 0 Å². The molecule has 0 saturated heterocycles. The summed E-state index contributed by atoms with van der Waals surface area (Å²) < 4.78 is 5.43. The third-order valence-electron chi connectivity index (χ3n) is 2.21. The Kier molecular flexibility index (Phi) is 1.85. The van der Waals surface area contributed by atoms with Gasteiger partial charge in [0.25, 0.3) is 0 Å².